The number of anilines is 3. The molecule has 3 aromatic heterocycles. The maximum Gasteiger partial charge on any atom is 0.0972 e. The van der Waals surface area contributed by atoms with Crippen molar-refractivity contribution in [2.24, 2.45) is 0 Å². The average Bonchev–Trinajstić information content (AvgIpc) is 3.21. The van der Waals surface area contributed by atoms with Crippen LogP contribution in [0.4, 0.5) is 17.1 Å². The lowest BCUT2D eigenvalue weighted by atomic mass is 9.92. The van der Waals surface area contributed by atoms with Gasteiger partial charge in [0.05, 0.1) is 27.9 Å². The second-order valence-electron chi connectivity index (χ2n) is 12.8. The largest absolute Gasteiger partial charge is 0.310 e. The summed E-state index contributed by atoms with van der Waals surface area (Å²) >= 11 is 0. The van der Waals surface area contributed by atoms with Crippen LogP contribution in [-0.4, -0.2) is 15.0 Å². The van der Waals surface area contributed by atoms with E-state index in [-0.39, 0.29) is 0 Å². The van der Waals surface area contributed by atoms with Gasteiger partial charge in [-0.1, -0.05) is 121 Å². The summed E-state index contributed by atoms with van der Waals surface area (Å²) < 4.78 is 0. The lowest BCUT2D eigenvalue weighted by molar-refractivity contribution is 1.29. The summed E-state index contributed by atoms with van der Waals surface area (Å²) in [6.07, 6.45) is 1.84. The number of hydrogen-bond donors (Lipinski definition) is 0. The summed E-state index contributed by atoms with van der Waals surface area (Å²) in [5, 5.41) is 7.81. The van der Waals surface area contributed by atoms with Crippen LogP contribution >= 0.6 is 0 Å². The predicted molar refractivity (Wildman–Crippen MR) is 213 cm³/mol. The summed E-state index contributed by atoms with van der Waals surface area (Å²) in [6, 6.07) is 61.9. The summed E-state index contributed by atoms with van der Waals surface area (Å²) in [4.78, 5) is 17.8. The Labute approximate surface area is 294 Å². The van der Waals surface area contributed by atoms with Gasteiger partial charge in [-0.05, 0) is 65.4 Å². The molecule has 7 aromatic carbocycles. The van der Waals surface area contributed by atoms with Gasteiger partial charge in [-0.2, -0.15) is 0 Å². The van der Waals surface area contributed by atoms with E-state index in [0.717, 1.165) is 93.8 Å². The molecule has 0 aliphatic heterocycles. The lowest BCUT2D eigenvalue weighted by Crippen LogP contribution is -2.09. The number of rotatable bonds is 5. The molecule has 0 aliphatic rings. The van der Waals surface area contributed by atoms with Crippen molar-refractivity contribution < 1.29 is 0 Å². The van der Waals surface area contributed by atoms with Crippen LogP contribution < -0.4 is 4.90 Å². The van der Waals surface area contributed by atoms with E-state index in [9.17, 15) is 0 Å². The first-order valence-corrected chi connectivity index (χ1v) is 17.2. The second-order valence-corrected chi connectivity index (χ2v) is 12.8. The minimum absolute atomic E-state index is 0.894. The molecule has 0 saturated carbocycles. The van der Waals surface area contributed by atoms with Crippen molar-refractivity contribution in [1.82, 2.24) is 15.0 Å². The Morgan fingerprint density at radius 1 is 0.412 bits per heavy atom. The van der Waals surface area contributed by atoms with Gasteiger partial charge in [-0.25, -0.2) is 9.97 Å². The van der Waals surface area contributed by atoms with E-state index in [1.165, 1.54) is 0 Å². The van der Waals surface area contributed by atoms with Crippen LogP contribution in [0.25, 0.3) is 76.8 Å². The zero-order chi connectivity index (χ0) is 33.7. The zero-order valence-electron chi connectivity index (χ0n) is 27.6. The van der Waals surface area contributed by atoms with Crippen molar-refractivity contribution in [3.05, 3.63) is 182 Å². The van der Waals surface area contributed by atoms with E-state index in [2.05, 4.69) is 175 Å². The first-order valence-electron chi connectivity index (χ1n) is 17.2. The Morgan fingerprint density at radius 2 is 1.08 bits per heavy atom. The fourth-order valence-electron chi connectivity index (χ4n) is 7.49. The fourth-order valence-corrected chi connectivity index (χ4v) is 7.49. The molecule has 10 aromatic rings. The van der Waals surface area contributed by atoms with Crippen LogP contribution in [0.2, 0.25) is 0 Å². The monoisotopic (exact) mass is 650 g/mol. The number of fused-ring (bicyclic) bond motifs is 8. The highest BCUT2D eigenvalue weighted by molar-refractivity contribution is 6.26. The highest BCUT2D eigenvalue weighted by Gasteiger charge is 2.19. The third-order valence-corrected chi connectivity index (χ3v) is 9.83. The van der Waals surface area contributed by atoms with Gasteiger partial charge in [0, 0.05) is 61.3 Å². The van der Waals surface area contributed by atoms with Gasteiger partial charge in [-0.3, -0.25) is 4.98 Å². The molecule has 4 nitrogen and oxygen atoms in total. The molecule has 0 bridgehead atoms. The van der Waals surface area contributed by atoms with Crippen molar-refractivity contribution in [3.8, 4) is 22.5 Å². The molecule has 238 valence electrons. The molecule has 0 unspecified atom stereocenters. The molecule has 10 rings (SSSR count). The third-order valence-electron chi connectivity index (χ3n) is 9.83. The molecule has 4 heteroatoms. The van der Waals surface area contributed by atoms with Gasteiger partial charge >= 0.3 is 0 Å². The molecule has 0 spiro atoms. The Hall–Kier alpha value is -6.91. The highest BCUT2D eigenvalue weighted by Crippen LogP contribution is 2.43. The third kappa shape index (κ3) is 4.88. The first-order chi connectivity index (χ1) is 25.3. The number of aromatic nitrogens is 3. The van der Waals surface area contributed by atoms with Gasteiger partial charge in [0.1, 0.15) is 0 Å². The summed E-state index contributed by atoms with van der Waals surface area (Å²) in [7, 11) is 0. The fraction of sp³-hybridized carbons (Fsp3) is 0. The Kier molecular flexibility index (Phi) is 6.78. The van der Waals surface area contributed by atoms with Crippen molar-refractivity contribution in [2.45, 2.75) is 0 Å². The maximum absolute atomic E-state index is 5.38. The predicted octanol–water partition coefficient (Wildman–Crippen LogP) is 12.4. The van der Waals surface area contributed by atoms with Gasteiger partial charge in [0.25, 0.3) is 0 Å². The van der Waals surface area contributed by atoms with Crippen LogP contribution in [0.5, 0.6) is 0 Å². The molecular weight excluding hydrogens is 621 g/mol. The number of pyridine rings is 3. The van der Waals surface area contributed by atoms with Crippen molar-refractivity contribution in [3.63, 3.8) is 0 Å². The lowest BCUT2D eigenvalue weighted by Gasteiger charge is -2.26. The minimum atomic E-state index is 0.894. The van der Waals surface area contributed by atoms with E-state index < -0.39 is 0 Å². The number of hydrogen-bond acceptors (Lipinski definition) is 4. The van der Waals surface area contributed by atoms with E-state index in [1.807, 2.05) is 12.3 Å². The number of para-hydroxylation sites is 2. The summed E-state index contributed by atoms with van der Waals surface area (Å²) in [5.41, 5.74) is 10.00. The molecule has 51 heavy (non-hydrogen) atoms. The van der Waals surface area contributed by atoms with Crippen LogP contribution in [0.15, 0.2) is 182 Å². The van der Waals surface area contributed by atoms with Gasteiger partial charge in [0.15, 0.2) is 0 Å². The van der Waals surface area contributed by atoms with Crippen LogP contribution in [-0.2, 0) is 0 Å². The van der Waals surface area contributed by atoms with Crippen LogP contribution in [0.3, 0.4) is 0 Å². The normalized spacial score (nSPS) is 11.5. The van der Waals surface area contributed by atoms with E-state index in [1.54, 1.807) is 0 Å². The number of nitrogens with zero attached hydrogens (tertiary/aromatic N) is 4. The molecule has 0 atom stereocenters. The first kappa shape index (κ1) is 29.0. The molecule has 3 heterocycles. The van der Waals surface area contributed by atoms with Crippen molar-refractivity contribution in [1.29, 1.82) is 0 Å². The Bertz CT molecular complexity index is 2870. The molecule has 0 amide bonds. The molecular formula is C47H30N4. The Morgan fingerprint density at radius 3 is 1.84 bits per heavy atom. The van der Waals surface area contributed by atoms with Crippen LogP contribution in [0.1, 0.15) is 0 Å². The maximum atomic E-state index is 5.38. The molecule has 0 fully saturated rings. The van der Waals surface area contributed by atoms with Crippen molar-refractivity contribution >= 4 is 71.3 Å². The molecule has 0 saturated heterocycles. The van der Waals surface area contributed by atoms with E-state index >= 15 is 0 Å². The molecule has 0 aliphatic carbocycles. The SMILES string of the molecule is c1ccc(-c2nc3cccc(-c4ccc5ccc6cccnc6c5n4)c3c3c2ccc2ccc(N(c4ccccc4)c4ccccc4)cc23)cc1. The smallest absolute Gasteiger partial charge is 0.0972 e. The van der Waals surface area contributed by atoms with E-state index in [0.29, 0.717) is 0 Å². The average molecular weight is 651 g/mol. The zero-order valence-corrected chi connectivity index (χ0v) is 27.6. The summed E-state index contributed by atoms with van der Waals surface area (Å²) in [6.45, 7) is 0. The molecule has 0 N–H and O–H groups in total. The van der Waals surface area contributed by atoms with Crippen LogP contribution in [0, 0.1) is 0 Å². The Balaban J connectivity index is 1.31. The standard InChI is InChI=1S/C47H30N4/c1-4-12-32(13-5-1)45-39-27-24-31-23-26-37(51(35-15-6-2-7-16-35)36-17-8-3-9-18-36)30-40(31)43(39)44-38(19-10-20-42(44)50-45)41-28-25-34-22-21-33-14-11-29-48-46(33)47(34)49-41/h1-30H. The number of benzene rings is 7. The highest BCUT2D eigenvalue weighted by atomic mass is 15.1. The minimum Gasteiger partial charge on any atom is -0.310 e. The van der Waals surface area contributed by atoms with Crippen molar-refractivity contribution in [2.75, 3.05) is 4.90 Å². The second kappa shape index (κ2) is 11.9. The van der Waals surface area contributed by atoms with Gasteiger partial charge in [-0.15, -0.1) is 0 Å². The van der Waals surface area contributed by atoms with Gasteiger partial charge in [0.2, 0.25) is 0 Å². The summed E-state index contributed by atoms with van der Waals surface area (Å²) in [5.74, 6) is 0. The van der Waals surface area contributed by atoms with Gasteiger partial charge < -0.3 is 4.90 Å². The van der Waals surface area contributed by atoms with E-state index in [4.69, 9.17) is 15.0 Å². The topological polar surface area (TPSA) is 41.9 Å². The molecule has 0 radical (unpaired) electrons. The quantitative estimate of drug-likeness (QED) is 0.174.